The summed E-state index contributed by atoms with van der Waals surface area (Å²) in [5, 5.41) is 0. The Morgan fingerprint density at radius 3 is 2.80 bits per heavy atom. The molecule has 0 bridgehead atoms. The number of fused-ring (bicyclic) bond motifs is 2. The van der Waals surface area contributed by atoms with Gasteiger partial charge in [-0.05, 0) is 18.2 Å². The molecule has 0 spiro atoms. The Labute approximate surface area is 93.7 Å². The summed E-state index contributed by atoms with van der Waals surface area (Å²) in [5.74, 6) is 0. The molecule has 0 saturated heterocycles. The molecule has 0 amide bonds. The van der Waals surface area contributed by atoms with E-state index >= 15 is 0 Å². The number of hydrogen-bond acceptors (Lipinski definition) is 2. The van der Waals surface area contributed by atoms with Crippen LogP contribution in [0.25, 0.3) is 0 Å². The maximum atomic E-state index is 3.28. The van der Waals surface area contributed by atoms with Gasteiger partial charge in [0.05, 0.1) is 11.4 Å². The monoisotopic (exact) mass is 212 g/mol. The Kier molecular flexibility index (Phi) is 1.96. The van der Waals surface area contributed by atoms with Gasteiger partial charge in [-0.25, -0.2) is 0 Å². The van der Waals surface area contributed by atoms with Crippen LogP contribution in [0.5, 0.6) is 0 Å². The number of anilines is 2. The van der Waals surface area contributed by atoms with E-state index in [-0.39, 0.29) is 0 Å². The minimum Gasteiger partial charge on any atom is -0.342 e. The maximum Gasteiger partial charge on any atom is 0.0630 e. The van der Waals surface area contributed by atoms with Crippen LogP contribution < -0.4 is 4.90 Å². The van der Waals surface area contributed by atoms with Gasteiger partial charge in [-0.2, -0.15) is 0 Å². The Balaban J connectivity index is 2.20. The lowest BCUT2D eigenvalue weighted by Crippen LogP contribution is -2.14. The van der Waals surface area contributed by atoms with Crippen molar-refractivity contribution in [3.05, 3.63) is 48.5 Å². The quantitative estimate of drug-likeness (QED) is 0.654. The highest BCUT2D eigenvalue weighted by molar-refractivity contribution is 7.99. The van der Waals surface area contributed by atoms with E-state index in [4.69, 9.17) is 0 Å². The van der Waals surface area contributed by atoms with E-state index < -0.39 is 0 Å². The van der Waals surface area contributed by atoms with Crippen LogP contribution in [0.1, 0.15) is 0 Å². The topological polar surface area (TPSA) is 3.24 Å². The van der Waals surface area contributed by atoms with Crippen molar-refractivity contribution < 1.29 is 0 Å². The molecule has 2 aromatic rings. The minimum absolute atomic E-state index is 1.17. The highest BCUT2D eigenvalue weighted by Gasteiger charge is 2.19. The largest absolute Gasteiger partial charge is 0.342 e. The van der Waals surface area contributed by atoms with E-state index in [1.807, 2.05) is 23.9 Å². The first kappa shape index (κ1) is 8.86. The molecule has 1 aliphatic rings. The fourth-order valence-corrected chi connectivity index (χ4v) is 2.95. The maximum absolute atomic E-state index is 3.28. The summed E-state index contributed by atoms with van der Waals surface area (Å²) >= 11 is 1.81. The average molecular weight is 212 g/mol. The van der Waals surface area contributed by atoms with Crippen LogP contribution >= 0.6 is 11.8 Å². The molecule has 1 nitrogen and oxygen atoms in total. The fourth-order valence-electron chi connectivity index (χ4n) is 1.82. The van der Waals surface area contributed by atoms with Gasteiger partial charge in [-0.15, -0.1) is 0 Å². The van der Waals surface area contributed by atoms with E-state index in [0.717, 1.165) is 0 Å². The van der Waals surface area contributed by atoms with Crippen molar-refractivity contribution in [3.8, 4) is 0 Å². The third kappa shape index (κ3) is 1.33. The Hall–Kier alpha value is -1.41. The zero-order chi connectivity index (χ0) is 10.3. The second-order valence-corrected chi connectivity index (χ2v) is 4.60. The van der Waals surface area contributed by atoms with Crippen molar-refractivity contribution in [2.45, 2.75) is 9.79 Å². The molecule has 0 fully saturated rings. The van der Waals surface area contributed by atoms with Crippen molar-refractivity contribution in [3.63, 3.8) is 0 Å². The summed E-state index contributed by atoms with van der Waals surface area (Å²) in [6, 6.07) is 17.9. The number of para-hydroxylation sites is 2. The van der Waals surface area contributed by atoms with Crippen molar-refractivity contribution >= 4 is 23.1 Å². The van der Waals surface area contributed by atoms with Crippen LogP contribution in [-0.4, -0.2) is 7.05 Å². The first-order valence-corrected chi connectivity index (χ1v) is 5.69. The standard InChI is InChI=1S/C13H10NS/c1-14-10-6-2-4-8-12(10)15-13-9-5-3-7-11(13)14/h2-6,8-9H,1H3. The summed E-state index contributed by atoms with van der Waals surface area (Å²) in [5.41, 5.74) is 2.43. The first-order valence-electron chi connectivity index (χ1n) is 4.87. The molecule has 0 aliphatic carbocycles. The third-order valence-electron chi connectivity index (χ3n) is 2.58. The number of rotatable bonds is 0. The highest BCUT2D eigenvalue weighted by Crippen LogP contribution is 2.46. The molecule has 1 heterocycles. The van der Waals surface area contributed by atoms with Crippen LogP contribution in [0.4, 0.5) is 11.4 Å². The molecule has 0 saturated carbocycles. The summed E-state index contributed by atoms with van der Waals surface area (Å²) < 4.78 is 0. The van der Waals surface area contributed by atoms with E-state index in [1.54, 1.807) is 0 Å². The molecule has 2 heteroatoms. The molecular formula is C13H10NS. The number of benzene rings is 2. The zero-order valence-corrected chi connectivity index (χ0v) is 9.21. The molecule has 0 N–H and O–H groups in total. The average Bonchev–Trinajstić information content (AvgIpc) is 2.30. The lowest BCUT2D eigenvalue weighted by molar-refractivity contribution is 1.11. The molecule has 3 rings (SSSR count). The molecule has 73 valence electrons. The van der Waals surface area contributed by atoms with Crippen LogP contribution in [0.2, 0.25) is 0 Å². The molecule has 1 radical (unpaired) electrons. The number of hydrogen-bond donors (Lipinski definition) is 0. The lowest BCUT2D eigenvalue weighted by Gasteiger charge is -2.28. The van der Waals surface area contributed by atoms with Crippen LogP contribution in [-0.2, 0) is 0 Å². The van der Waals surface area contributed by atoms with Gasteiger partial charge >= 0.3 is 0 Å². The van der Waals surface area contributed by atoms with Crippen molar-refractivity contribution in [2.24, 2.45) is 0 Å². The van der Waals surface area contributed by atoms with Crippen molar-refractivity contribution in [1.82, 2.24) is 0 Å². The van der Waals surface area contributed by atoms with Crippen LogP contribution in [0.15, 0.2) is 52.3 Å². The second kappa shape index (κ2) is 3.31. The van der Waals surface area contributed by atoms with E-state index in [1.165, 1.54) is 21.2 Å². The van der Waals surface area contributed by atoms with Gasteiger partial charge in [0.1, 0.15) is 0 Å². The summed E-state index contributed by atoms with van der Waals surface area (Å²) in [6.07, 6.45) is 0. The zero-order valence-electron chi connectivity index (χ0n) is 8.40. The fraction of sp³-hybridized carbons (Fsp3) is 0.0769. The van der Waals surface area contributed by atoms with Gasteiger partial charge in [0, 0.05) is 22.9 Å². The summed E-state index contributed by atoms with van der Waals surface area (Å²) in [4.78, 5) is 4.78. The molecule has 2 aromatic carbocycles. The number of nitrogens with zero attached hydrogens (tertiary/aromatic N) is 1. The van der Waals surface area contributed by atoms with Gasteiger partial charge in [-0.3, -0.25) is 0 Å². The minimum atomic E-state index is 1.17. The summed E-state index contributed by atoms with van der Waals surface area (Å²) in [6.45, 7) is 0. The SMILES string of the molecule is CN1c2[c]cccc2Sc2ccccc21. The normalized spacial score (nSPS) is 13.3. The molecule has 0 unspecified atom stereocenters. The predicted octanol–water partition coefficient (Wildman–Crippen LogP) is 3.72. The molecule has 1 aliphatic heterocycles. The van der Waals surface area contributed by atoms with Gasteiger partial charge in [0.2, 0.25) is 0 Å². The Morgan fingerprint density at radius 2 is 1.87 bits per heavy atom. The molecule has 0 atom stereocenters. The van der Waals surface area contributed by atoms with E-state index in [0.29, 0.717) is 0 Å². The van der Waals surface area contributed by atoms with Crippen molar-refractivity contribution in [1.29, 1.82) is 0 Å². The third-order valence-corrected chi connectivity index (χ3v) is 3.69. The van der Waals surface area contributed by atoms with Crippen LogP contribution in [0.3, 0.4) is 0 Å². The van der Waals surface area contributed by atoms with E-state index in [9.17, 15) is 0 Å². The Bertz CT molecular complexity index is 462. The van der Waals surface area contributed by atoms with Gasteiger partial charge in [0.25, 0.3) is 0 Å². The highest BCUT2D eigenvalue weighted by atomic mass is 32.2. The molecule has 0 aromatic heterocycles. The van der Waals surface area contributed by atoms with E-state index in [2.05, 4.69) is 48.3 Å². The molecule has 15 heavy (non-hydrogen) atoms. The first-order chi connectivity index (χ1) is 7.36. The van der Waals surface area contributed by atoms with Gasteiger partial charge in [0.15, 0.2) is 0 Å². The van der Waals surface area contributed by atoms with Gasteiger partial charge in [-0.1, -0.05) is 36.0 Å². The lowest BCUT2D eigenvalue weighted by atomic mass is 10.2. The van der Waals surface area contributed by atoms with Crippen LogP contribution in [0, 0.1) is 6.07 Å². The Morgan fingerprint density at radius 1 is 1.07 bits per heavy atom. The van der Waals surface area contributed by atoms with Crippen molar-refractivity contribution in [2.75, 3.05) is 11.9 Å². The molecular weight excluding hydrogens is 202 g/mol. The predicted molar refractivity (Wildman–Crippen MR) is 63.9 cm³/mol. The summed E-state index contributed by atoms with van der Waals surface area (Å²) in [7, 11) is 2.09. The van der Waals surface area contributed by atoms with Gasteiger partial charge < -0.3 is 4.90 Å². The second-order valence-electron chi connectivity index (χ2n) is 3.51. The smallest absolute Gasteiger partial charge is 0.0630 e.